The van der Waals surface area contributed by atoms with Crippen LogP contribution in [0.25, 0.3) is 49.7 Å². The predicted molar refractivity (Wildman–Crippen MR) is 198 cm³/mol. The van der Waals surface area contributed by atoms with Gasteiger partial charge in [0.15, 0.2) is 5.78 Å². The van der Waals surface area contributed by atoms with Crippen molar-refractivity contribution in [1.82, 2.24) is 4.57 Å². The average Bonchev–Trinajstić information content (AvgIpc) is 3.64. The standard InChI is InChI=1S/C46H37NO/c1-44(2)34-21-13-9-17-29(34)43(48)30-24-23-26(25-35(30)44)47-36-22-14-10-18-31(36)38-37-27-15-7-11-19-32(27)45(3,4)40(37)41-39(42(38)47)28-16-8-12-20-33(28)46(41,5)6/h7-25H,1-6H3. The third kappa shape index (κ3) is 3.12. The molecular formula is C46H37NO. The van der Waals surface area contributed by atoms with Crippen molar-refractivity contribution in [3.05, 3.63) is 160 Å². The van der Waals surface area contributed by atoms with E-state index >= 15 is 0 Å². The first-order chi connectivity index (χ1) is 23.0. The molecule has 48 heavy (non-hydrogen) atoms. The summed E-state index contributed by atoms with van der Waals surface area (Å²) < 4.78 is 2.51. The van der Waals surface area contributed by atoms with E-state index in [-0.39, 0.29) is 22.0 Å². The Kier molecular flexibility index (Phi) is 5.12. The quantitative estimate of drug-likeness (QED) is 0.179. The maximum atomic E-state index is 13.9. The molecule has 2 nitrogen and oxygen atoms in total. The molecule has 3 aliphatic rings. The number of hydrogen-bond donors (Lipinski definition) is 0. The zero-order chi connectivity index (χ0) is 32.9. The summed E-state index contributed by atoms with van der Waals surface area (Å²) >= 11 is 0. The number of aromatic nitrogens is 1. The van der Waals surface area contributed by atoms with Gasteiger partial charge in [-0.15, -0.1) is 0 Å². The van der Waals surface area contributed by atoms with Gasteiger partial charge < -0.3 is 4.57 Å². The summed E-state index contributed by atoms with van der Waals surface area (Å²) in [6.45, 7) is 14.2. The molecule has 1 heterocycles. The fraction of sp³-hybridized carbons (Fsp3) is 0.196. The third-order valence-electron chi connectivity index (χ3n) is 12.1. The van der Waals surface area contributed by atoms with Crippen LogP contribution in [-0.4, -0.2) is 10.4 Å². The number of ketones is 1. The van der Waals surface area contributed by atoms with Gasteiger partial charge in [0.2, 0.25) is 0 Å². The fourth-order valence-electron chi connectivity index (χ4n) is 9.94. The number of fused-ring (bicyclic) bond motifs is 14. The Balaban J connectivity index is 1.41. The highest BCUT2D eigenvalue weighted by molar-refractivity contribution is 6.23. The van der Waals surface area contributed by atoms with Gasteiger partial charge >= 0.3 is 0 Å². The van der Waals surface area contributed by atoms with Crippen LogP contribution in [0.4, 0.5) is 0 Å². The Bertz CT molecular complexity index is 2610. The molecule has 2 heteroatoms. The van der Waals surface area contributed by atoms with Crippen LogP contribution < -0.4 is 0 Å². The average molecular weight is 620 g/mol. The van der Waals surface area contributed by atoms with Crippen molar-refractivity contribution < 1.29 is 4.79 Å². The number of carbonyl (C=O) groups is 1. The summed E-state index contributed by atoms with van der Waals surface area (Å²) in [6.07, 6.45) is 0. The molecule has 0 atom stereocenters. The molecule has 0 fully saturated rings. The van der Waals surface area contributed by atoms with Crippen molar-refractivity contribution in [3.63, 3.8) is 0 Å². The Morgan fingerprint density at radius 3 is 1.65 bits per heavy atom. The van der Waals surface area contributed by atoms with Crippen molar-refractivity contribution in [2.75, 3.05) is 0 Å². The predicted octanol–water partition coefficient (Wildman–Crippen LogP) is 11.3. The second-order valence-electron chi connectivity index (χ2n) is 15.6. The van der Waals surface area contributed by atoms with E-state index in [1.54, 1.807) is 0 Å². The Hall–Kier alpha value is -5.21. The summed E-state index contributed by atoms with van der Waals surface area (Å²) in [5.74, 6) is 0.113. The second-order valence-corrected chi connectivity index (χ2v) is 15.6. The molecule has 6 aromatic carbocycles. The monoisotopic (exact) mass is 619 g/mol. The topological polar surface area (TPSA) is 22.0 Å². The zero-order valence-corrected chi connectivity index (χ0v) is 28.3. The molecular weight excluding hydrogens is 583 g/mol. The molecule has 0 unspecified atom stereocenters. The first-order valence-electron chi connectivity index (χ1n) is 17.2. The van der Waals surface area contributed by atoms with Crippen molar-refractivity contribution >= 4 is 27.6 Å². The van der Waals surface area contributed by atoms with Crippen LogP contribution in [0.1, 0.15) is 90.8 Å². The lowest BCUT2D eigenvalue weighted by Gasteiger charge is -2.34. The van der Waals surface area contributed by atoms with E-state index in [4.69, 9.17) is 0 Å². The second kappa shape index (κ2) is 8.82. The molecule has 0 radical (unpaired) electrons. The number of benzene rings is 6. The molecule has 0 amide bonds. The Morgan fingerprint density at radius 1 is 0.479 bits per heavy atom. The van der Waals surface area contributed by atoms with Gasteiger partial charge in [0.25, 0.3) is 0 Å². The molecule has 10 rings (SSSR count). The summed E-state index contributed by atoms with van der Waals surface area (Å²) in [5, 5.41) is 2.59. The maximum Gasteiger partial charge on any atom is 0.193 e. The highest BCUT2D eigenvalue weighted by Crippen LogP contribution is 2.63. The highest BCUT2D eigenvalue weighted by Gasteiger charge is 2.48. The lowest BCUT2D eigenvalue weighted by molar-refractivity contribution is 0.103. The van der Waals surface area contributed by atoms with Crippen LogP contribution in [0, 0.1) is 0 Å². The molecule has 0 saturated carbocycles. The van der Waals surface area contributed by atoms with Crippen LogP contribution in [0.2, 0.25) is 0 Å². The summed E-state index contributed by atoms with van der Waals surface area (Å²) in [5.41, 5.74) is 17.7. The molecule has 1 aromatic heterocycles. The molecule has 0 aliphatic heterocycles. The first-order valence-corrected chi connectivity index (χ1v) is 17.2. The van der Waals surface area contributed by atoms with Gasteiger partial charge in [-0.25, -0.2) is 0 Å². The molecule has 7 aromatic rings. The SMILES string of the molecule is CC1(C)c2ccccc2C(=O)c2ccc(-n3c4ccccc4c4c5c(c6c(c43)-c3ccccc3C6(C)C)C(C)(C)c3ccccc3-5)cc21. The van der Waals surface area contributed by atoms with Crippen molar-refractivity contribution in [1.29, 1.82) is 0 Å². The van der Waals surface area contributed by atoms with Gasteiger partial charge in [0, 0.05) is 49.4 Å². The Labute approximate surface area is 281 Å². The minimum Gasteiger partial charge on any atom is -0.309 e. The minimum absolute atomic E-state index is 0.113. The normalized spacial score (nSPS) is 17.1. The van der Waals surface area contributed by atoms with Crippen LogP contribution in [0.5, 0.6) is 0 Å². The summed E-state index contributed by atoms with van der Waals surface area (Å²) in [7, 11) is 0. The Morgan fingerprint density at radius 2 is 0.979 bits per heavy atom. The van der Waals surface area contributed by atoms with Gasteiger partial charge in [-0.2, -0.15) is 0 Å². The fourth-order valence-corrected chi connectivity index (χ4v) is 9.94. The van der Waals surface area contributed by atoms with Gasteiger partial charge in [-0.3, -0.25) is 4.79 Å². The van der Waals surface area contributed by atoms with Crippen LogP contribution in [0.15, 0.2) is 115 Å². The van der Waals surface area contributed by atoms with Gasteiger partial charge in [0.05, 0.1) is 11.0 Å². The number of para-hydroxylation sites is 1. The lowest BCUT2D eigenvalue weighted by atomic mass is 9.68. The van der Waals surface area contributed by atoms with Crippen LogP contribution in [0.3, 0.4) is 0 Å². The van der Waals surface area contributed by atoms with Crippen molar-refractivity contribution in [3.8, 4) is 27.9 Å². The number of rotatable bonds is 1. The van der Waals surface area contributed by atoms with Crippen LogP contribution in [-0.2, 0) is 16.2 Å². The van der Waals surface area contributed by atoms with Gasteiger partial charge in [-0.05, 0) is 74.3 Å². The minimum atomic E-state index is -0.324. The van der Waals surface area contributed by atoms with Crippen molar-refractivity contribution in [2.24, 2.45) is 0 Å². The summed E-state index contributed by atoms with van der Waals surface area (Å²) in [6, 6.07) is 41.7. The van der Waals surface area contributed by atoms with Crippen LogP contribution >= 0.6 is 0 Å². The van der Waals surface area contributed by atoms with E-state index in [0.29, 0.717) is 0 Å². The van der Waals surface area contributed by atoms with E-state index in [2.05, 4.69) is 149 Å². The first kappa shape index (κ1) is 27.9. The molecule has 0 saturated heterocycles. The van der Waals surface area contributed by atoms with E-state index in [1.165, 1.54) is 66.3 Å². The van der Waals surface area contributed by atoms with E-state index < -0.39 is 0 Å². The third-order valence-corrected chi connectivity index (χ3v) is 12.1. The van der Waals surface area contributed by atoms with Crippen molar-refractivity contribution in [2.45, 2.75) is 57.8 Å². The molecule has 232 valence electrons. The molecule has 3 aliphatic carbocycles. The van der Waals surface area contributed by atoms with E-state index in [0.717, 1.165) is 27.9 Å². The number of nitrogens with zero attached hydrogens (tertiary/aromatic N) is 1. The molecule has 0 bridgehead atoms. The van der Waals surface area contributed by atoms with Gasteiger partial charge in [-0.1, -0.05) is 133 Å². The van der Waals surface area contributed by atoms with E-state index in [1.807, 2.05) is 12.1 Å². The molecule has 0 spiro atoms. The highest BCUT2D eigenvalue weighted by atomic mass is 16.1. The van der Waals surface area contributed by atoms with Gasteiger partial charge in [0.1, 0.15) is 0 Å². The smallest absolute Gasteiger partial charge is 0.193 e. The summed E-state index contributed by atoms with van der Waals surface area (Å²) in [4.78, 5) is 13.9. The maximum absolute atomic E-state index is 13.9. The lowest BCUT2D eigenvalue weighted by Crippen LogP contribution is -2.30. The number of hydrogen-bond acceptors (Lipinski definition) is 1. The number of carbonyl (C=O) groups excluding carboxylic acids is 1. The molecule has 0 N–H and O–H groups in total. The zero-order valence-electron chi connectivity index (χ0n) is 28.3. The largest absolute Gasteiger partial charge is 0.309 e. The van der Waals surface area contributed by atoms with E-state index in [9.17, 15) is 4.79 Å².